The zero-order valence-corrected chi connectivity index (χ0v) is 16.5. The normalized spacial score (nSPS) is 11.8. The van der Waals surface area contributed by atoms with E-state index in [0.717, 1.165) is 0 Å². The third kappa shape index (κ3) is 7.41. The quantitative estimate of drug-likeness (QED) is 0.563. The third-order valence-corrected chi connectivity index (χ3v) is 5.22. The summed E-state index contributed by atoms with van der Waals surface area (Å²) in [7, 11) is -3.80. The van der Waals surface area contributed by atoms with Gasteiger partial charge in [-0.1, -0.05) is 0 Å². The first-order valence-electron chi connectivity index (χ1n) is 7.42. The summed E-state index contributed by atoms with van der Waals surface area (Å²) >= 11 is 3.06. The predicted molar refractivity (Wildman–Crippen MR) is 95.1 cm³/mol. The number of halogens is 1. The van der Waals surface area contributed by atoms with Gasteiger partial charge in [0, 0.05) is 17.6 Å². The molecule has 1 rings (SSSR count). The monoisotopic (exact) mass is 436 g/mol. The van der Waals surface area contributed by atoms with E-state index in [1.807, 2.05) is 0 Å². The van der Waals surface area contributed by atoms with Crippen LogP contribution in [0.5, 0.6) is 0 Å². The van der Waals surface area contributed by atoms with Gasteiger partial charge in [0.25, 0.3) is 0 Å². The second kappa shape index (κ2) is 8.63. The minimum Gasteiger partial charge on any atom is -0.478 e. The van der Waals surface area contributed by atoms with Crippen molar-refractivity contribution in [3.05, 3.63) is 28.2 Å². The van der Waals surface area contributed by atoms with Crippen LogP contribution in [-0.2, 0) is 14.8 Å². The van der Waals surface area contributed by atoms with Crippen molar-refractivity contribution in [3.63, 3.8) is 0 Å². The summed E-state index contributed by atoms with van der Waals surface area (Å²) in [4.78, 5) is 22.3. The number of alkyl carbamates (subject to hydrolysis) is 1. The molecule has 0 spiro atoms. The van der Waals surface area contributed by atoms with Crippen molar-refractivity contribution >= 4 is 38.0 Å². The van der Waals surface area contributed by atoms with E-state index in [0.29, 0.717) is 6.42 Å². The van der Waals surface area contributed by atoms with Gasteiger partial charge in [0.05, 0.1) is 10.5 Å². The number of sulfonamides is 1. The summed E-state index contributed by atoms with van der Waals surface area (Å²) in [6.07, 6.45) is -0.203. The lowest BCUT2D eigenvalue weighted by Crippen LogP contribution is -2.34. The molecule has 1 aromatic carbocycles. The molecule has 0 atom stereocenters. The molecular formula is C15H21BrN2O6S. The van der Waals surface area contributed by atoms with Crippen molar-refractivity contribution in [1.82, 2.24) is 10.0 Å². The van der Waals surface area contributed by atoms with Gasteiger partial charge in [-0.05, 0) is 61.3 Å². The Morgan fingerprint density at radius 1 is 1.24 bits per heavy atom. The molecule has 0 saturated carbocycles. The van der Waals surface area contributed by atoms with Gasteiger partial charge in [0.2, 0.25) is 10.0 Å². The van der Waals surface area contributed by atoms with E-state index in [9.17, 15) is 18.0 Å². The van der Waals surface area contributed by atoms with Crippen LogP contribution in [0.4, 0.5) is 4.79 Å². The van der Waals surface area contributed by atoms with Crippen LogP contribution in [0.25, 0.3) is 0 Å². The van der Waals surface area contributed by atoms with Gasteiger partial charge < -0.3 is 15.2 Å². The first-order chi connectivity index (χ1) is 11.4. The molecule has 0 fully saturated rings. The predicted octanol–water partition coefficient (Wildman–Crippen LogP) is 2.34. The van der Waals surface area contributed by atoms with Gasteiger partial charge in [-0.3, -0.25) is 0 Å². The van der Waals surface area contributed by atoms with Gasteiger partial charge >= 0.3 is 12.1 Å². The summed E-state index contributed by atoms with van der Waals surface area (Å²) in [5.74, 6) is -1.15. The highest BCUT2D eigenvalue weighted by atomic mass is 79.9. The first-order valence-corrected chi connectivity index (χ1v) is 9.69. The van der Waals surface area contributed by atoms with Gasteiger partial charge in [-0.2, -0.15) is 0 Å². The summed E-state index contributed by atoms with van der Waals surface area (Å²) < 4.78 is 32.0. The molecule has 1 aromatic rings. The Morgan fingerprint density at radius 3 is 2.40 bits per heavy atom. The minimum atomic E-state index is -3.80. The van der Waals surface area contributed by atoms with Crippen LogP contribution in [0.15, 0.2) is 27.6 Å². The molecule has 25 heavy (non-hydrogen) atoms. The maximum Gasteiger partial charge on any atom is 0.407 e. The number of amides is 1. The number of ether oxygens (including phenoxy) is 1. The van der Waals surface area contributed by atoms with Gasteiger partial charge in [0.1, 0.15) is 5.60 Å². The highest BCUT2D eigenvalue weighted by Gasteiger charge is 2.19. The topological polar surface area (TPSA) is 122 Å². The Morgan fingerprint density at radius 2 is 1.88 bits per heavy atom. The van der Waals surface area contributed by atoms with Crippen LogP contribution in [0.1, 0.15) is 37.6 Å². The molecule has 0 bridgehead atoms. The number of benzene rings is 1. The van der Waals surface area contributed by atoms with Crippen molar-refractivity contribution in [3.8, 4) is 0 Å². The molecule has 3 N–H and O–H groups in total. The molecule has 0 unspecified atom stereocenters. The number of hydrogen-bond donors (Lipinski definition) is 3. The zero-order valence-electron chi connectivity index (χ0n) is 14.1. The lowest BCUT2D eigenvalue weighted by atomic mass is 10.2. The highest BCUT2D eigenvalue weighted by Crippen LogP contribution is 2.23. The SMILES string of the molecule is CC(C)(C)OC(=O)NCCCNS(=O)(=O)c1ccc(C(=O)O)cc1Br. The van der Waals surface area contributed by atoms with Crippen LogP contribution < -0.4 is 10.0 Å². The number of carboxylic acids is 1. The molecule has 0 saturated heterocycles. The van der Waals surface area contributed by atoms with Gasteiger partial charge in [-0.25, -0.2) is 22.7 Å². The molecule has 0 aromatic heterocycles. The number of carbonyl (C=O) groups is 2. The molecule has 0 aliphatic rings. The third-order valence-electron chi connectivity index (χ3n) is 2.78. The Bertz CT molecular complexity index is 743. The molecular weight excluding hydrogens is 416 g/mol. The molecule has 0 heterocycles. The largest absolute Gasteiger partial charge is 0.478 e. The molecule has 0 radical (unpaired) electrons. The second-order valence-electron chi connectivity index (χ2n) is 6.13. The number of nitrogens with one attached hydrogen (secondary N) is 2. The molecule has 8 nitrogen and oxygen atoms in total. The van der Waals surface area contributed by atoms with E-state index < -0.39 is 27.7 Å². The smallest absolute Gasteiger partial charge is 0.407 e. The van der Waals surface area contributed by atoms with E-state index >= 15 is 0 Å². The zero-order chi connectivity index (χ0) is 19.3. The number of carboxylic acid groups (broad SMARTS) is 1. The van der Waals surface area contributed by atoms with Crippen LogP contribution in [-0.4, -0.2) is 44.3 Å². The summed E-state index contributed by atoms with van der Waals surface area (Å²) in [5.41, 5.74) is -0.618. The highest BCUT2D eigenvalue weighted by molar-refractivity contribution is 9.10. The molecule has 0 aliphatic heterocycles. The average molecular weight is 437 g/mol. The Labute approximate surface area is 155 Å². The molecule has 140 valence electrons. The van der Waals surface area contributed by atoms with E-state index in [4.69, 9.17) is 9.84 Å². The summed E-state index contributed by atoms with van der Waals surface area (Å²) in [5, 5.41) is 11.4. The van der Waals surface area contributed by atoms with Crippen molar-refractivity contribution in [2.75, 3.05) is 13.1 Å². The maximum atomic E-state index is 12.2. The molecule has 10 heteroatoms. The lowest BCUT2D eigenvalue weighted by Gasteiger charge is -2.19. The van der Waals surface area contributed by atoms with Crippen molar-refractivity contribution < 1.29 is 27.9 Å². The molecule has 0 aliphatic carbocycles. The van der Waals surface area contributed by atoms with Crippen LogP contribution in [0.3, 0.4) is 0 Å². The van der Waals surface area contributed by atoms with Crippen LogP contribution in [0.2, 0.25) is 0 Å². The second-order valence-corrected chi connectivity index (χ2v) is 8.72. The van der Waals surface area contributed by atoms with E-state index in [1.54, 1.807) is 20.8 Å². The van der Waals surface area contributed by atoms with E-state index in [2.05, 4.69) is 26.0 Å². The number of hydrogen-bond acceptors (Lipinski definition) is 5. The van der Waals surface area contributed by atoms with E-state index in [-0.39, 0.29) is 28.0 Å². The number of rotatable bonds is 7. The van der Waals surface area contributed by atoms with Crippen molar-refractivity contribution in [2.24, 2.45) is 0 Å². The average Bonchev–Trinajstić information content (AvgIpc) is 2.44. The molecule has 1 amide bonds. The van der Waals surface area contributed by atoms with Crippen LogP contribution >= 0.6 is 15.9 Å². The lowest BCUT2D eigenvalue weighted by molar-refractivity contribution is 0.0527. The van der Waals surface area contributed by atoms with Crippen molar-refractivity contribution in [2.45, 2.75) is 37.7 Å². The minimum absolute atomic E-state index is 0.0209. The van der Waals surface area contributed by atoms with Gasteiger partial charge in [0.15, 0.2) is 0 Å². The fourth-order valence-electron chi connectivity index (χ4n) is 1.73. The standard InChI is InChI=1S/C15H21BrN2O6S/c1-15(2,3)24-14(21)17-7-4-8-18-25(22,23)12-6-5-10(13(19)20)9-11(12)16/h5-6,9,18H,4,7-8H2,1-3H3,(H,17,21)(H,19,20). The number of carbonyl (C=O) groups excluding carboxylic acids is 1. The Balaban J connectivity index is 2.52. The Hall–Kier alpha value is -1.65. The van der Waals surface area contributed by atoms with E-state index in [1.165, 1.54) is 18.2 Å². The number of aromatic carboxylic acids is 1. The van der Waals surface area contributed by atoms with Crippen molar-refractivity contribution in [1.29, 1.82) is 0 Å². The summed E-state index contributed by atoms with van der Waals surface area (Å²) in [6.45, 7) is 5.58. The first kappa shape index (κ1) is 21.4. The maximum absolute atomic E-state index is 12.2. The van der Waals surface area contributed by atoms with Gasteiger partial charge in [-0.15, -0.1) is 0 Å². The van der Waals surface area contributed by atoms with Crippen LogP contribution in [0, 0.1) is 0 Å². The summed E-state index contributed by atoms with van der Waals surface area (Å²) in [6, 6.07) is 3.65. The fourth-order valence-corrected chi connectivity index (χ4v) is 3.88. The fraction of sp³-hybridized carbons (Fsp3) is 0.467. The Kier molecular flexibility index (Phi) is 7.39.